The molecule has 0 saturated carbocycles. The van der Waals surface area contributed by atoms with Gasteiger partial charge in [0.25, 0.3) is 5.91 Å². The molecule has 1 heterocycles. The highest BCUT2D eigenvalue weighted by Crippen LogP contribution is 2.21. The van der Waals surface area contributed by atoms with E-state index in [4.69, 9.17) is 13.9 Å². The summed E-state index contributed by atoms with van der Waals surface area (Å²) < 4.78 is 16.0. The summed E-state index contributed by atoms with van der Waals surface area (Å²) in [6, 6.07) is 13.6. The molecular weight excluding hydrogens is 334 g/mol. The zero-order chi connectivity index (χ0) is 18.5. The Hall–Kier alpha value is -3.28. The molecule has 0 bridgehead atoms. The molecule has 1 aromatic heterocycles. The molecule has 0 spiro atoms. The van der Waals surface area contributed by atoms with Crippen LogP contribution in [0, 0.1) is 0 Å². The standard InChI is InChI=1S/C20H19NO5/c1-3-24-15-9-6-14(7-10-15)21-19(22)17-11-13-5-8-16(25-4-2)12-18(13)26-20(17)23/h5-12H,3-4H2,1-2H3,(H,21,22). The molecule has 0 aliphatic carbocycles. The number of benzene rings is 2. The zero-order valence-electron chi connectivity index (χ0n) is 14.6. The number of hydrogen-bond acceptors (Lipinski definition) is 5. The van der Waals surface area contributed by atoms with Crippen molar-refractivity contribution in [2.75, 3.05) is 18.5 Å². The molecule has 6 nitrogen and oxygen atoms in total. The van der Waals surface area contributed by atoms with E-state index in [0.29, 0.717) is 41.4 Å². The molecule has 3 aromatic rings. The normalized spacial score (nSPS) is 10.5. The molecule has 0 aliphatic heterocycles. The number of amides is 1. The van der Waals surface area contributed by atoms with E-state index < -0.39 is 11.5 Å². The van der Waals surface area contributed by atoms with Gasteiger partial charge in [-0.25, -0.2) is 4.79 Å². The summed E-state index contributed by atoms with van der Waals surface area (Å²) in [5, 5.41) is 3.33. The molecule has 0 fully saturated rings. The number of anilines is 1. The van der Waals surface area contributed by atoms with E-state index in [2.05, 4.69) is 5.32 Å². The molecule has 2 aromatic carbocycles. The maximum Gasteiger partial charge on any atom is 0.349 e. The average molecular weight is 353 g/mol. The van der Waals surface area contributed by atoms with Crippen molar-refractivity contribution in [1.82, 2.24) is 0 Å². The summed E-state index contributed by atoms with van der Waals surface area (Å²) in [5.41, 5.74) is 0.174. The van der Waals surface area contributed by atoms with Crippen LogP contribution in [0.3, 0.4) is 0 Å². The molecule has 0 atom stereocenters. The highest BCUT2D eigenvalue weighted by atomic mass is 16.5. The Morgan fingerprint density at radius 2 is 1.62 bits per heavy atom. The Morgan fingerprint density at radius 3 is 2.31 bits per heavy atom. The number of ether oxygens (including phenoxy) is 2. The van der Waals surface area contributed by atoms with Crippen LogP contribution in [0.25, 0.3) is 11.0 Å². The third-order valence-electron chi connectivity index (χ3n) is 3.69. The third kappa shape index (κ3) is 3.85. The first-order valence-corrected chi connectivity index (χ1v) is 8.35. The van der Waals surface area contributed by atoms with Gasteiger partial charge in [-0.1, -0.05) is 0 Å². The smallest absolute Gasteiger partial charge is 0.349 e. The molecule has 0 aliphatic rings. The molecule has 0 saturated heterocycles. The fourth-order valence-corrected chi connectivity index (χ4v) is 2.51. The van der Waals surface area contributed by atoms with Gasteiger partial charge in [-0.05, 0) is 56.3 Å². The van der Waals surface area contributed by atoms with Crippen LogP contribution < -0.4 is 20.4 Å². The van der Waals surface area contributed by atoms with Gasteiger partial charge in [0, 0.05) is 17.1 Å². The topological polar surface area (TPSA) is 77.8 Å². The van der Waals surface area contributed by atoms with E-state index in [9.17, 15) is 9.59 Å². The molecule has 0 radical (unpaired) electrons. The summed E-state index contributed by atoms with van der Waals surface area (Å²) in [4.78, 5) is 24.6. The lowest BCUT2D eigenvalue weighted by Gasteiger charge is -2.08. The maximum absolute atomic E-state index is 12.4. The number of hydrogen-bond donors (Lipinski definition) is 1. The highest BCUT2D eigenvalue weighted by Gasteiger charge is 2.14. The Bertz CT molecular complexity index is 976. The molecule has 3 rings (SSSR count). The van der Waals surface area contributed by atoms with Gasteiger partial charge in [0.05, 0.1) is 13.2 Å². The summed E-state index contributed by atoms with van der Waals surface area (Å²) in [6.07, 6.45) is 0. The van der Waals surface area contributed by atoms with Crippen molar-refractivity contribution in [3.05, 3.63) is 64.5 Å². The van der Waals surface area contributed by atoms with Gasteiger partial charge in [0.2, 0.25) is 0 Å². The second kappa shape index (κ2) is 7.74. The average Bonchev–Trinajstić information content (AvgIpc) is 2.63. The van der Waals surface area contributed by atoms with Gasteiger partial charge < -0.3 is 19.2 Å². The Balaban J connectivity index is 1.84. The third-order valence-corrected chi connectivity index (χ3v) is 3.69. The predicted molar refractivity (Wildman–Crippen MR) is 99.2 cm³/mol. The number of nitrogens with one attached hydrogen (secondary N) is 1. The summed E-state index contributed by atoms with van der Waals surface area (Å²) in [7, 11) is 0. The second-order valence-electron chi connectivity index (χ2n) is 5.49. The van der Waals surface area contributed by atoms with Gasteiger partial charge in [-0.15, -0.1) is 0 Å². The van der Waals surface area contributed by atoms with Crippen molar-refractivity contribution in [1.29, 1.82) is 0 Å². The van der Waals surface area contributed by atoms with Crippen molar-refractivity contribution in [2.45, 2.75) is 13.8 Å². The van der Waals surface area contributed by atoms with Crippen LogP contribution in [0.5, 0.6) is 11.5 Å². The molecule has 1 amide bonds. The molecule has 26 heavy (non-hydrogen) atoms. The van der Waals surface area contributed by atoms with Crippen LogP contribution in [0.2, 0.25) is 0 Å². The zero-order valence-corrected chi connectivity index (χ0v) is 14.6. The van der Waals surface area contributed by atoms with E-state index in [1.165, 1.54) is 6.07 Å². The lowest BCUT2D eigenvalue weighted by Crippen LogP contribution is -2.20. The van der Waals surface area contributed by atoms with E-state index in [1.807, 2.05) is 13.8 Å². The van der Waals surface area contributed by atoms with Crippen LogP contribution in [0.15, 0.2) is 57.7 Å². The SMILES string of the molecule is CCOc1ccc(NC(=O)c2cc3ccc(OCC)cc3oc2=O)cc1. The van der Waals surface area contributed by atoms with Crippen LogP contribution in [0.1, 0.15) is 24.2 Å². The van der Waals surface area contributed by atoms with Gasteiger partial charge in [0.1, 0.15) is 22.6 Å². The quantitative estimate of drug-likeness (QED) is 0.681. The Labute approximate surface area is 150 Å². The van der Waals surface area contributed by atoms with Gasteiger partial charge >= 0.3 is 5.63 Å². The molecular formula is C20H19NO5. The molecule has 6 heteroatoms. The minimum atomic E-state index is -0.699. The van der Waals surface area contributed by atoms with Crippen LogP contribution >= 0.6 is 0 Å². The summed E-state index contributed by atoms with van der Waals surface area (Å²) in [6.45, 7) is 4.84. The Morgan fingerprint density at radius 1 is 0.962 bits per heavy atom. The summed E-state index contributed by atoms with van der Waals surface area (Å²) in [5.74, 6) is 0.786. The number of rotatable bonds is 6. The monoisotopic (exact) mass is 353 g/mol. The van der Waals surface area contributed by atoms with Crippen LogP contribution in [-0.4, -0.2) is 19.1 Å². The van der Waals surface area contributed by atoms with Crippen LogP contribution in [0.4, 0.5) is 5.69 Å². The van der Waals surface area contributed by atoms with Crippen molar-refractivity contribution in [3.63, 3.8) is 0 Å². The number of carbonyl (C=O) groups excluding carboxylic acids is 1. The van der Waals surface area contributed by atoms with E-state index in [0.717, 1.165) is 0 Å². The van der Waals surface area contributed by atoms with Gasteiger partial charge in [-0.3, -0.25) is 4.79 Å². The van der Waals surface area contributed by atoms with Gasteiger partial charge in [-0.2, -0.15) is 0 Å². The first kappa shape index (κ1) is 17.5. The fraction of sp³-hybridized carbons (Fsp3) is 0.200. The second-order valence-corrected chi connectivity index (χ2v) is 5.49. The molecule has 1 N–H and O–H groups in total. The largest absolute Gasteiger partial charge is 0.494 e. The lowest BCUT2D eigenvalue weighted by atomic mass is 10.1. The fourth-order valence-electron chi connectivity index (χ4n) is 2.51. The molecule has 0 unspecified atom stereocenters. The van der Waals surface area contributed by atoms with Crippen molar-refractivity contribution in [2.24, 2.45) is 0 Å². The van der Waals surface area contributed by atoms with E-state index >= 15 is 0 Å². The minimum Gasteiger partial charge on any atom is -0.494 e. The number of carbonyl (C=O) groups is 1. The van der Waals surface area contributed by atoms with Crippen LogP contribution in [-0.2, 0) is 0 Å². The lowest BCUT2D eigenvalue weighted by molar-refractivity contribution is 0.102. The maximum atomic E-state index is 12.4. The first-order chi connectivity index (χ1) is 12.6. The van der Waals surface area contributed by atoms with Gasteiger partial charge in [0.15, 0.2) is 0 Å². The predicted octanol–water partition coefficient (Wildman–Crippen LogP) is 3.84. The van der Waals surface area contributed by atoms with E-state index in [1.54, 1.807) is 42.5 Å². The molecule has 134 valence electrons. The van der Waals surface area contributed by atoms with E-state index in [-0.39, 0.29) is 5.56 Å². The van der Waals surface area contributed by atoms with Crippen molar-refractivity contribution >= 4 is 22.6 Å². The first-order valence-electron chi connectivity index (χ1n) is 8.35. The van der Waals surface area contributed by atoms with Crippen molar-refractivity contribution in [3.8, 4) is 11.5 Å². The minimum absolute atomic E-state index is 0.0597. The van der Waals surface area contributed by atoms with Crippen molar-refractivity contribution < 1.29 is 18.7 Å². The highest BCUT2D eigenvalue weighted by molar-refractivity contribution is 6.05. The summed E-state index contributed by atoms with van der Waals surface area (Å²) >= 11 is 0. The Kier molecular flexibility index (Phi) is 5.22. The number of fused-ring (bicyclic) bond motifs is 1.